The maximum atomic E-state index is 13.2. The van der Waals surface area contributed by atoms with Crippen LogP contribution in [0.2, 0.25) is 0 Å². The zero-order valence-corrected chi connectivity index (χ0v) is 17.9. The second kappa shape index (κ2) is 7.98. The van der Waals surface area contributed by atoms with E-state index in [0.717, 1.165) is 44.7 Å². The van der Waals surface area contributed by atoms with E-state index in [9.17, 15) is 9.59 Å². The van der Waals surface area contributed by atoms with Gasteiger partial charge in [0.2, 0.25) is 5.91 Å². The summed E-state index contributed by atoms with van der Waals surface area (Å²) in [7, 11) is 0. The summed E-state index contributed by atoms with van der Waals surface area (Å²) < 4.78 is 0. The highest BCUT2D eigenvalue weighted by Crippen LogP contribution is 2.49. The fraction of sp³-hybridized carbons (Fsp3) is 0.652. The number of rotatable bonds is 4. The van der Waals surface area contributed by atoms with Gasteiger partial charge in [-0.2, -0.15) is 0 Å². The molecule has 29 heavy (non-hydrogen) atoms. The van der Waals surface area contributed by atoms with Gasteiger partial charge in [0.05, 0.1) is 11.5 Å². The number of para-hydroxylation sites is 1. The molecule has 1 aromatic rings. The first kappa shape index (κ1) is 20.2. The minimum Gasteiger partial charge on any atom is -0.337 e. The number of carbonyl (C=O) groups is 2. The number of likely N-dealkylation sites (tertiary alicyclic amines) is 3. The number of fused-ring (bicyclic) bond motifs is 2. The Morgan fingerprint density at radius 1 is 1.17 bits per heavy atom. The molecule has 0 bridgehead atoms. The average Bonchev–Trinajstić information content (AvgIpc) is 3.20. The van der Waals surface area contributed by atoms with Crippen molar-refractivity contribution in [3.8, 4) is 0 Å². The zero-order valence-electron chi connectivity index (χ0n) is 17.9. The van der Waals surface area contributed by atoms with Crippen LogP contribution in [-0.4, -0.2) is 71.4 Å². The molecule has 1 aromatic carbocycles. The SMILES string of the molecule is CCN1C(=O)[C@H]2CN(CC(C)C)C[C@H]2C12CCN(C(=O)Nc1ccccc1)CC2. The van der Waals surface area contributed by atoms with Gasteiger partial charge in [-0.1, -0.05) is 32.0 Å². The topological polar surface area (TPSA) is 55.9 Å². The van der Waals surface area contributed by atoms with Crippen LogP contribution in [0.1, 0.15) is 33.6 Å². The normalized spacial score (nSPS) is 26.4. The highest BCUT2D eigenvalue weighted by Gasteiger charge is 2.61. The molecule has 6 nitrogen and oxygen atoms in total. The number of urea groups is 1. The molecular weight excluding hydrogens is 364 g/mol. The molecule has 3 saturated heterocycles. The van der Waals surface area contributed by atoms with Crippen molar-refractivity contribution in [1.82, 2.24) is 14.7 Å². The summed E-state index contributed by atoms with van der Waals surface area (Å²) >= 11 is 0. The van der Waals surface area contributed by atoms with Gasteiger partial charge in [0.1, 0.15) is 0 Å². The lowest BCUT2D eigenvalue weighted by Crippen LogP contribution is -2.58. The zero-order chi connectivity index (χ0) is 20.6. The van der Waals surface area contributed by atoms with E-state index >= 15 is 0 Å². The predicted octanol–water partition coefficient (Wildman–Crippen LogP) is 3.12. The summed E-state index contributed by atoms with van der Waals surface area (Å²) in [6, 6.07) is 9.56. The monoisotopic (exact) mass is 398 g/mol. The Balaban J connectivity index is 1.45. The summed E-state index contributed by atoms with van der Waals surface area (Å²) in [4.78, 5) is 32.4. The van der Waals surface area contributed by atoms with Crippen molar-refractivity contribution >= 4 is 17.6 Å². The lowest BCUT2D eigenvalue weighted by molar-refractivity contribution is -0.135. The summed E-state index contributed by atoms with van der Waals surface area (Å²) in [5.74, 6) is 1.49. The van der Waals surface area contributed by atoms with Crippen molar-refractivity contribution in [3.05, 3.63) is 30.3 Å². The van der Waals surface area contributed by atoms with Gasteiger partial charge in [-0.15, -0.1) is 0 Å². The molecule has 1 N–H and O–H groups in total. The molecule has 0 radical (unpaired) electrons. The van der Waals surface area contributed by atoms with Crippen LogP contribution in [0.3, 0.4) is 0 Å². The molecule has 0 unspecified atom stereocenters. The third-order valence-corrected chi connectivity index (χ3v) is 7.09. The van der Waals surface area contributed by atoms with Crippen LogP contribution in [0.15, 0.2) is 30.3 Å². The molecule has 3 heterocycles. The minimum atomic E-state index is -0.0776. The highest BCUT2D eigenvalue weighted by molar-refractivity contribution is 5.89. The van der Waals surface area contributed by atoms with Crippen molar-refractivity contribution in [2.75, 3.05) is 44.6 Å². The first-order valence-electron chi connectivity index (χ1n) is 11.1. The largest absolute Gasteiger partial charge is 0.337 e. The van der Waals surface area contributed by atoms with Gasteiger partial charge in [-0.25, -0.2) is 4.79 Å². The van der Waals surface area contributed by atoms with Gasteiger partial charge in [-0.3, -0.25) is 4.79 Å². The van der Waals surface area contributed by atoms with Crippen molar-refractivity contribution in [2.45, 2.75) is 39.2 Å². The van der Waals surface area contributed by atoms with Crippen LogP contribution in [0.25, 0.3) is 0 Å². The molecule has 6 heteroatoms. The van der Waals surface area contributed by atoms with Crippen LogP contribution in [0, 0.1) is 17.8 Å². The Labute approximate surface area is 174 Å². The van der Waals surface area contributed by atoms with Gasteiger partial charge in [0.25, 0.3) is 0 Å². The predicted molar refractivity (Wildman–Crippen MR) is 115 cm³/mol. The lowest BCUT2D eigenvalue weighted by atomic mass is 9.75. The first-order valence-corrected chi connectivity index (χ1v) is 11.1. The smallest absolute Gasteiger partial charge is 0.321 e. The molecule has 1 spiro atoms. The molecule has 0 saturated carbocycles. The average molecular weight is 399 g/mol. The van der Waals surface area contributed by atoms with Crippen LogP contribution in [0.5, 0.6) is 0 Å². The molecular formula is C23H34N4O2. The van der Waals surface area contributed by atoms with E-state index in [2.05, 4.69) is 35.9 Å². The number of nitrogens with one attached hydrogen (secondary N) is 1. The van der Waals surface area contributed by atoms with Crippen LogP contribution in [0.4, 0.5) is 10.5 Å². The summed E-state index contributed by atoms with van der Waals surface area (Å²) in [5, 5.41) is 3.00. The third kappa shape index (κ3) is 3.63. The van der Waals surface area contributed by atoms with E-state index < -0.39 is 0 Å². The third-order valence-electron chi connectivity index (χ3n) is 7.09. The molecule has 3 fully saturated rings. The quantitative estimate of drug-likeness (QED) is 0.848. The van der Waals surface area contributed by atoms with E-state index in [1.54, 1.807) is 0 Å². The molecule has 4 rings (SSSR count). The van der Waals surface area contributed by atoms with Gasteiger partial charge in [0, 0.05) is 50.9 Å². The van der Waals surface area contributed by atoms with E-state index in [1.807, 2.05) is 35.2 Å². The van der Waals surface area contributed by atoms with E-state index in [0.29, 0.717) is 30.8 Å². The molecule has 0 aromatic heterocycles. The summed E-state index contributed by atoms with van der Waals surface area (Å²) in [5.41, 5.74) is 0.746. The molecule has 0 aliphatic carbocycles. The number of nitrogens with zero attached hydrogens (tertiary/aromatic N) is 3. The maximum Gasteiger partial charge on any atom is 0.321 e. The number of piperidine rings is 1. The maximum absolute atomic E-state index is 13.2. The molecule has 158 valence electrons. The molecule has 2 atom stereocenters. The number of benzene rings is 1. The Hall–Kier alpha value is -2.08. The standard InChI is InChI=1S/C23H34N4O2/c1-4-27-21(28)19-15-25(14-17(2)3)16-20(19)23(27)10-12-26(13-11-23)22(29)24-18-8-6-5-7-9-18/h5-9,17,19-20H,4,10-16H2,1-3H3,(H,24,29)/t19-,20+/m0/s1. The number of carbonyl (C=O) groups excluding carboxylic acids is 2. The van der Waals surface area contributed by atoms with Crippen molar-refractivity contribution in [2.24, 2.45) is 17.8 Å². The minimum absolute atomic E-state index is 0.0390. The van der Waals surface area contributed by atoms with Crippen LogP contribution < -0.4 is 5.32 Å². The van der Waals surface area contributed by atoms with E-state index in [1.165, 1.54) is 0 Å². The molecule has 3 aliphatic rings. The number of hydrogen-bond donors (Lipinski definition) is 1. The fourth-order valence-electron chi connectivity index (χ4n) is 5.90. The molecule has 3 aliphatic heterocycles. The fourth-order valence-corrected chi connectivity index (χ4v) is 5.90. The number of anilines is 1. The Morgan fingerprint density at radius 3 is 2.48 bits per heavy atom. The summed E-state index contributed by atoms with van der Waals surface area (Å²) in [6.45, 7) is 11.7. The van der Waals surface area contributed by atoms with Crippen LogP contribution in [-0.2, 0) is 4.79 Å². The second-order valence-corrected chi connectivity index (χ2v) is 9.29. The van der Waals surface area contributed by atoms with E-state index in [-0.39, 0.29) is 17.5 Å². The lowest BCUT2D eigenvalue weighted by Gasteiger charge is -2.47. The van der Waals surface area contributed by atoms with Crippen molar-refractivity contribution in [1.29, 1.82) is 0 Å². The van der Waals surface area contributed by atoms with Gasteiger partial charge in [0.15, 0.2) is 0 Å². The second-order valence-electron chi connectivity index (χ2n) is 9.29. The Bertz CT molecular complexity index is 743. The molecule has 3 amide bonds. The van der Waals surface area contributed by atoms with Gasteiger partial charge < -0.3 is 20.0 Å². The Kier molecular flexibility index (Phi) is 5.56. The van der Waals surface area contributed by atoms with Crippen molar-refractivity contribution in [3.63, 3.8) is 0 Å². The summed E-state index contributed by atoms with van der Waals surface area (Å²) in [6.07, 6.45) is 1.76. The number of hydrogen-bond acceptors (Lipinski definition) is 3. The first-order chi connectivity index (χ1) is 13.9. The highest BCUT2D eigenvalue weighted by atomic mass is 16.2. The van der Waals surface area contributed by atoms with Crippen molar-refractivity contribution < 1.29 is 9.59 Å². The van der Waals surface area contributed by atoms with Gasteiger partial charge in [-0.05, 0) is 37.8 Å². The Morgan fingerprint density at radius 2 is 1.86 bits per heavy atom. The van der Waals surface area contributed by atoms with Gasteiger partial charge >= 0.3 is 6.03 Å². The van der Waals surface area contributed by atoms with Crippen LogP contribution >= 0.6 is 0 Å². The van der Waals surface area contributed by atoms with E-state index in [4.69, 9.17) is 0 Å². The number of amides is 3.